The molecular formula is C20H17N3O5. The number of pyridine rings is 1. The Morgan fingerprint density at radius 3 is 2.64 bits per heavy atom. The van der Waals surface area contributed by atoms with Crippen molar-refractivity contribution in [2.75, 3.05) is 0 Å². The molecule has 0 aliphatic rings. The van der Waals surface area contributed by atoms with Crippen molar-refractivity contribution in [1.29, 1.82) is 0 Å². The molecule has 0 bridgehead atoms. The summed E-state index contributed by atoms with van der Waals surface area (Å²) in [6, 6.07) is 15.6. The zero-order chi connectivity index (χ0) is 20.1. The van der Waals surface area contributed by atoms with Crippen molar-refractivity contribution in [2.45, 2.75) is 18.9 Å². The topological polar surface area (TPSA) is 122 Å². The second-order valence-electron chi connectivity index (χ2n) is 6.26. The Morgan fingerprint density at radius 1 is 1.11 bits per heavy atom. The molecular weight excluding hydrogens is 362 g/mol. The van der Waals surface area contributed by atoms with Crippen molar-refractivity contribution >= 4 is 28.5 Å². The maximum Gasteiger partial charge on any atom is 0.326 e. The van der Waals surface area contributed by atoms with E-state index in [1.807, 2.05) is 30.3 Å². The number of carbonyl (C=O) groups is 2. The summed E-state index contributed by atoms with van der Waals surface area (Å²) in [5, 5.41) is 23.7. The summed E-state index contributed by atoms with van der Waals surface area (Å²) in [5.41, 5.74) is 1.59. The first-order chi connectivity index (χ1) is 13.4. The lowest BCUT2D eigenvalue weighted by atomic mass is 10.1. The number of carboxylic acids is 1. The van der Waals surface area contributed by atoms with E-state index in [9.17, 15) is 24.8 Å². The van der Waals surface area contributed by atoms with Gasteiger partial charge in [0.1, 0.15) is 6.04 Å². The van der Waals surface area contributed by atoms with Crippen LogP contribution in [0.5, 0.6) is 0 Å². The van der Waals surface area contributed by atoms with Gasteiger partial charge in [-0.3, -0.25) is 19.9 Å². The fourth-order valence-corrected chi connectivity index (χ4v) is 2.84. The second-order valence-corrected chi connectivity index (χ2v) is 6.26. The zero-order valence-electron chi connectivity index (χ0n) is 14.7. The van der Waals surface area contributed by atoms with Gasteiger partial charge < -0.3 is 10.4 Å². The van der Waals surface area contributed by atoms with Crippen LogP contribution in [0.3, 0.4) is 0 Å². The van der Waals surface area contributed by atoms with E-state index >= 15 is 0 Å². The van der Waals surface area contributed by atoms with Crippen LogP contribution >= 0.6 is 0 Å². The Bertz CT molecular complexity index is 1050. The largest absolute Gasteiger partial charge is 0.480 e. The molecule has 0 spiro atoms. The molecule has 8 nitrogen and oxygen atoms in total. The van der Waals surface area contributed by atoms with Gasteiger partial charge in [0.05, 0.1) is 16.9 Å². The van der Waals surface area contributed by atoms with Gasteiger partial charge in [0.2, 0.25) is 5.91 Å². The van der Waals surface area contributed by atoms with E-state index in [4.69, 9.17) is 0 Å². The summed E-state index contributed by atoms with van der Waals surface area (Å²) in [6.07, 6.45) is -0.128. The third-order valence-electron chi connectivity index (χ3n) is 4.19. The molecule has 1 aromatic heterocycles. The number of hydrogen-bond acceptors (Lipinski definition) is 5. The highest BCUT2D eigenvalue weighted by Gasteiger charge is 2.21. The van der Waals surface area contributed by atoms with E-state index in [2.05, 4.69) is 10.3 Å². The number of non-ortho nitro benzene ring substituents is 1. The van der Waals surface area contributed by atoms with Crippen LogP contribution in [0.2, 0.25) is 0 Å². The molecule has 8 heteroatoms. The fourth-order valence-electron chi connectivity index (χ4n) is 2.84. The molecule has 28 heavy (non-hydrogen) atoms. The van der Waals surface area contributed by atoms with Crippen LogP contribution in [0.4, 0.5) is 5.69 Å². The summed E-state index contributed by atoms with van der Waals surface area (Å²) < 4.78 is 0. The predicted molar refractivity (Wildman–Crippen MR) is 102 cm³/mol. The molecule has 2 aromatic carbocycles. The van der Waals surface area contributed by atoms with E-state index < -0.39 is 22.8 Å². The lowest BCUT2D eigenvalue weighted by Crippen LogP contribution is -2.43. The number of aliphatic carboxylic acids is 1. The van der Waals surface area contributed by atoms with E-state index in [0.717, 1.165) is 10.9 Å². The molecule has 3 rings (SSSR count). The number of nitro groups is 1. The monoisotopic (exact) mass is 379 g/mol. The molecule has 0 fully saturated rings. The third-order valence-corrected chi connectivity index (χ3v) is 4.19. The van der Waals surface area contributed by atoms with Gasteiger partial charge in [-0.25, -0.2) is 4.79 Å². The molecule has 0 aliphatic heterocycles. The minimum atomic E-state index is -1.18. The number of nitrogens with one attached hydrogen (secondary N) is 1. The van der Waals surface area contributed by atoms with Crippen molar-refractivity contribution in [3.8, 4) is 0 Å². The summed E-state index contributed by atoms with van der Waals surface area (Å²) in [5.74, 6) is -1.71. The molecule has 0 aliphatic carbocycles. The molecule has 1 amide bonds. The van der Waals surface area contributed by atoms with E-state index in [-0.39, 0.29) is 18.5 Å². The Hall–Kier alpha value is -3.81. The van der Waals surface area contributed by atoms with Gasteiger partial charge in [0.15, 0.2) is 0 Å². The van der Waals surface area contributed by atoms with Gasteiger partial charge >= 0.3 is 5.97 Å². The molecule has 0 saturated carbocycles. The van der Waals surface area contributed by atoms with Gasteiger partial charge in [-0.15, -0.1) is 0 Å². The number of hydrogen-bond donors (Lipinski definition) is 2. The minimum absolute atomic E-state index is 0.0286. The highest BCUT2D eigenvalue weighted by molar-refractivity contribution is 5.85. The first-order valence-electron chi connectivity index (χ1n) is 8.52. The molecule has 0 radical (unpaired) electrons. The van der Waals surface area contributed by atoms with Crippen LogP contribution in [0.1, 0.15) is 11.3 Å². The number of carbonyl (C=O) groups excluding carboxylic acids is 1. The average Bonchev–Trinajstić information content (AvgIpc) is 2.67. The zero-order valence-corrected chi connectivity index (χ0v) is 14.7. The standard InChI is InChI=1S/C20H17N3O5/c24-19(11-13-4-3-6-16(10-13)23(27)28)22-18(20(25)26)12-15-9-8-14-5-1-2-7-17(14)21-15/h1-10,18H,11-12H2,(H,22,24)(H,25,26)/t18-/m1/s1. The highest BCUT2D eigenvalue weighted by Crippen LogP contribution is 2.15. The predicted octanol–water partition coefficient (Wildman–Crippen LogP) is 2.50. The van der Waals surface area contributed by atoms with E-state index in [1.165, 1.54) is 18.2 Å². The lowest BCUT2D eigenvalue weighted by Gasteiger charge is -2.14. The molecule has 1 atom stereocenters. The maximum absolute atomic E-state index is 12.2. The van der Waals surface area contributed by atoms with Crippen molar-refractivity contribution in [3.63, 3.8) is 0 Å². The first kappa shape index (κ1) is 19.0. The van der Waals surface area contributed by atoms with Crippen LogP contribution in [-0.4, -0.2) is 32.9 Å². The number of rotatable bonds is 7. The van der Waals surface area contributed by atoms with Crippen LogP contribution in [-0.2, 0) is 22.4 Å². The van der Waals surface area contributed by atoms with Crippen LogP contribution < -0.4 is 5.32 Å². The molecule has 0 unspecified atom stereocenters. The van der Waals surface area contributed by atoms with Gasteiger partial charge in [0, 0.05) is 29.6 Å². The molecule has 142 valence electrons. The Morgan fingerprint density at radius 2 is 1.89 bits per heavy atom. The summed E-state index contributed by atoms with van der Waals surface area (Å²) in [6.45, 7) is 0. The normalized spacial score (nSPS) is 11.7. The van der Waals surface area contributed by atoms with Crippen LogP contribution in [0.15, 0.2) is 60.7 Å². The first-order valence-corrected chi connectivity index (χ1v) is 8.52. The van der Waals surface area contributed by atoms with Crippen LogP contribution in [0.25, 0.3) is 10.9 Å². The number of nitrogens with zero attached hydrogens (tertiary/aromatic N) is 2. The van der Waals surface area contributed by atoms with Crippen molar-refractivity contribution < 1.29 is 19.6 Å². The maximum atomic E-state index is 12.2. The molecule has 0 saturated heterocycles. The van der Waals surface area contributed by atoms with Crippen LogP contribution in [0, 0.1) is 10.1 Å². The number of benzene rings is 2. The number of nitro benzene ring substituents is 1. The Balaban J connectivity index is 1.69. The van der Waals surface area contributed by atoms with E-state index in [1.54, 1.807) is 12.1 Å². The Labute approximate surface area is 160 Å². The molecule has 1 heterocycles. The lowest BCUT2D eigenvalue weighted by molar-refractivity contribution is -0.384. The summed E-state index contributed by atoms with van der Waals surface area (Å²) >= 11 is 0. The quantitative estimate of drug-likeness (QED) is 0.480. The number of amides is 1. The Kier molecular flexibility index (Phi) is 5.59. The second kappa shape index (κ2) is 8.26. The van der Waals surface area contributed by atoms with Gasteiger partial charge in [0.25, 0.3) is 5.69 Å². The van der Waals surface area contributed by atoms with Gasteiger partial charge in [-0.05, 0) is 17.7 Å². The highest BCUT2D eigenvalue weighted by atomic mass is 16.6. The molecule has 2 N–H and O–H groups in total. The number of carboxylic acid groups (broad SMARTS) is 1. The third kappa shape index (κ3) is 4.67. The molecule has 3 aromatic rings. The van der Waals surface area contributed by atoms with E-state index in [0.29, 0.717) is 11.3 Å². The summed E-state index contributed by atoms with van der Waals surface area (Å²) in [7, 11) is 0. The van der Waals surface area contributed by atoms with Crippen molar-refractivity contribution in [3.05, 3.63) is 82.0 Å². The number of fused-ring (bicyclic) bond motifs is 1. The smallest absolute Gasteiger partial charge is 0.326 e. The van der Waals surface area contributed by atoms with Gasteiger partial charge in [-0.1, -0.05) is 36.4 Å². The van der Waals surface area contributed by atoms with Crippen molar-refractivity contribution in [1.82, 2.24) is 10.3 Å². The summed E-state index contributed by atoms with van der Waals surface area (Å²) in [4.78, 5) is 38.5. The minimum Gasteiger partial charge on any atom is -0.480 e. The fraction of sp³-hybridized carbons (Fsp3) is 0.150. The average molecular weight is 379 g/mol. The number of aromatic nitrogens is 1. The van der Waals surface area contributed by atoms with Gasteiger partial charge in [-0.2, -0.15) is 0 Å². The SMILES string of the molecule is O=C(Cc1cccc([N+](=O)[O-])c1)N[C@H](Cc1ccc2ccccc2n1)C(=O)O. The van der Waals surface area contributed by atoms with Crippen molar-refractivity contribution in [2.24, 2.45) is 0 Å². The number of para-hydroxylation sites is 1.